The zero-order valence-electron chi connectivity index (χ0n) is 15.8. The lowest BCUT2D eigenvalue weighted by molar-refractivity contribution is 0.0759. The summed E-state index contributed by atoms with van der Waals surface area (Å²) < 4.78 is 5.02. The van der Waals surface area contributed by atoms with Crippen LogP contribution in [0, 0.1) is 13.8 Å². The Morgan fingerprint density at radius 3 is 2.65 bits per heavy atom. The second-order valence-corrected chi connectivity index (χ2v) is 6.72. The molecule has 1 amide bonds. The summed E-state index contributed by atoms with van der Waals surface area (Å²) in [6.45, 7) is 7.32. The highest BCUT2D eigenvalue weighted by molar-refractivity contribution is 5.95. The highest BCUT2D eigenvalue weighted by atomic mass is 16.5. The summed E-state index contributed by atoms with van der Waals surface area (Å²) in [6, 6.07) is 0. The molecule has 0 bridgehead atoms. The van der Waals surface area contributed by atoms with E-state index in [9.17, 15) is 4.79 Å². The van der Waals surface area contributed by atoms with Gasteiger partial charge in [-0.25, -0.2) is 9.97 Å². The van der Waals surface area contributed by atoms with Crippen molar-refractivity contribution in [3.63, 3.8) is 0 Å². The average molecular weight is 359 g/mol. The van der Waals surface area contributed by atoms with Gasteiger partial charge in [0.25, 0.3) is 5.91 Å². The van der Waals surface area contributed by atoms with E-state index in [1.807, 2.05) is 30.8 Å². The molecule has 0 spiro atoms. The average Bonchev–Trinajstić information content (AvgIpc) is 2.87. The molecule has 3 heterocycles. The van der Waals surface area contributed by atoms with E-state index in [-0.39, 0.29) is 5.91 Å². The molecule has 0 aliphatic carbocycles. The van der Waals surface area contributed by atoms with Crippen LogP contribution in [0.15, 0.2) is 10.7 Å². The highest BCUT2D eigenvalue weighted by Gasteiger charge is 2.23. The summed E-state index contributed by atoms with van der Waals surface area (Å²) in [5.74, 6) is 1.86. The van der Waals surface area contributed by atoms with Gasteiger partial charge >= 0.3 is 0 Å². The largest absolute Gasteiger partial charge is 0.347 e. The van der Waals surface area contributed by atoms with E-state index in [0.717, 1.165) is 26.1 Å². The van der Waals surface area contributed by atoms with E-state index >= 15 is 0 Å². The Kier molecular flexibility index (Phi) is 5.46. The lowest BCUT2D eigenvalue weighted by Gasteiger charge is -2.22. The van der Waals surface area contributed by atoms with Gasteiger partial charge in [-0.2, -0.15) is 4.98 Å². The van der Waals surface area contributed by atoms with Crippen molar-refractivity contribution in [1.29, 1.82) is 0 Å². The van der Waals surface area contributed by atoms with Crippen LogP contribution in [0.25, 0.3) is 0 Å². The third-order valence-corrected chi connectivity index (χ3v) is 4.41. The summed E-state index contributed by atoms with van der Waals surface area (Å²) in [5.41, 5.74) is 1.27. The Morgan fingerprint density at radius 2 is 2.00 bits per heavy atom. The molecular formula is C17H25N7O2. The van der Waals surface area contributed by atoms with Crippen LogP contribution >= 0.6 is 0 Å². The molecule has 0 atom stereocenters. The van der Waals surface area contributed by atoms with Crippen molar-refractivity contribution < 1.29 is 9.32 Å². The molecule has 1 aliphatic rings. The number of hydrogen-bond acceptors (Lipinski definition) is 8. The van der Waals surface area contributed by atoms with Crippen molar-refractivity contribution in [2.24, 2.45) is 0 Å². The predicted molar refractivity (Wildman–Crippen MR) is 95.9 cm³/mol. The molecule has 9 nitrogen and oxygen atoms in total. The van der Waals surface area contributed by atoms with Gasteiger partial charge < -0.3 is 14.3 Å². The van der Waals surface area contributed by atoms with E-state index in [1.54, 1.807) is 13.1 Å². The smallest absolute Gasteiger partial charge is 0.257 e. The molecule has 1 fully saturated rings. The van der Waals surface area contributed by atoms with Crippen LogP contribution in [-0.2, 0) is 6.54 Å². The van der Waals surface area contributed by atoms with Gasteiger partial charge in [-0.15, -0.1) is 0 Å². The molecule has 9 heteroatoms. The highest BCUT2D eigenvalue weighted by Crippen LogP contribution is 2.14. The molecule has 2 aromatic rings. The second-order valence-electron chi connectivity index (χ2n) is 6.72. The van der Waals surface area contributed by atoms with Crippen molar-refractivity contribution in [2.75, 3.05) is 45.2 Å². The third-order valence-electron chi connectivity index (χ3n) is 4.41. The van der Waals surface area contributed by atoms with Crippen molar-refractivity contribution in [1.82, 2.24) is 29.9 Å². The molecule has 1 aliphatic heterocycles. The van der Waals surface area contributed by atoms with Crippen LogP contribution in [0.5, 0.6) is 0 Å². The minimum Gasteiger partial charge on any atom is -0.347 e. The molecule has 2 aromatic heterocycles. The first-order valence-corrected chi connectivity index (χ1v) is 8.76. The fraction of sp³-hybridized carbons (Fsp3) is 0.588. The number of aromatic nitrogens is 4. The fourth-order valence-electron chi connectivity index (χ4n) is 2.99. The van der Waals surface area contributed by atoms with Crippen molar-refractivity contribution in [2.45, 2.75) is 26.8 Å². The first-order valence-electron chi connectivity index (χ1n) is 8.76. The molecule has 3 rings (SSSR count). The van der Waals surface area contributed by atoms with E-state index in [1.165, 1.54) is 0 Å². The van der Waals surface area contributed by atoms with Crippen molar-refractivity contribution in [3.05, 3.63) is 29.2 Å². The number of anilines is 1. The molecule has 140 valence electrons. The van der Waals surface area contributed by atoms with Gasteiger partial charge in [-0.1, -0.05) is 5.16 Å². The molecule has 0 radical (unpaired) electrons. The van der Waals surface area contributed by atoms with Crippen LogP contribution in [0.4, 0.5) is 5.95 Å². The Hall–Kier alpha value is -2.55. The first-order chi connectivity index (χ1) is 12.4. The maximum atomic E-state index is 12.9. The lowest BCUT2D eigenvalue weighted by atomic mass is 10.2. The van der Waals surface area contributed by atoms with E-state index in [2.05, 4.69) is 25.0 Å². The van der Waals surface area contributed by atoms with Crippen LogP contribution in [0.1, 0.15) is 34.2 Å². The molecular weight excluding hydrogens is 334 g/mol. The van der Waals surface area contributed by atoms with E-state index < -0.39 is 0 Å². The number of aryl methyl sites for hydroxylation is 2. The van der Waals surface area contributed by atoms with Gasteiger partial charge in [-0.05, 0) is 13.3 Å². The Bertz CT molecular complexity index is 774. The van der Waals surface area contributed by atoms with Crippen molar-refractivity contribution >= 4 is 11.9 Å². The maximum Gasteiger partial charge on any atom is 0.257 e. The normalized spacial score (nSPS) is 15.8. The van der Waals surface area contributed by atoms with Gasteiger partial charge in [0.15, 0.2) is 5.82 Å². The summed E-state index contributed by atoms with van der Waals surface area (Å²) >= 11 is 0. The molecule has 0 unspecified atom stereocenters. The van der Waals surface area contributed by atoms with Gasteiger partial charge in [0.2, 0.25) is 11.8 Å². The minimum atomic E-state index is -0.00920. The van der Waals surface area contributed by atoms with Gasteiger partial charge in [0, 0.05) is 53.4 Å². The van der Waals surface area contributed by atoms with Crippen LogP contribution < -0.4 is 4.90 Å². The molecule has 0 aromatic carbocycles. The van der Waals surface area contributed by atoms with Gasteiger partial charge in [0.1, 0.15) is 0 Å². The number of nitrogens with zero attached hydrogens (tertiary/aromatic N) is 7. The summed E-state index contributed by atoms with van der Waals surface area (Å²) in [5, 5.41) is 3.95. The van der Waals surface area contributed by atoms with Gasteiger partial charge in [0.05, 0.1) is 17.8 Å². The molecule has 1 saturated heterocycles. The van der Waals surface area contributed by atoms with Crippen LogP contribution in [0.2, 0.25) is 0 Å². The Morgan fingerprint density at radius 1 is 1.19 bits per heavy atom. The maximum absolute atomic E-state index is 12.9. The topological polar surface area (TPSA) is 91.5 Å². The predicted octanol–water partition coefficient (Wildman–Crippen LogP) is 0.891. The molecule has 0 N–H and O–H groups in total. The number of hydrogen-bond donors (Lipinski definition) is 0. The monoisotopic (exact) mass is 359 g/mol. The summed E-state index contributed by atoms with van der Waals surface area (Å²) in [6.07, 6.45) is 2.53. The second kappa shape index (κ2) is 7.77. The summed E-state index contributed by atoms with van der Waals surface area (Å²) in [7, 11) is 3.76. The van der Waals surface area contributed by atoms with Crippen molar-refractivity contribution in [3.8, 4) is 0 Å². The summed E-state index contributed by atoms with van der Waals surface area (Å²) in [4.78, 5) is 31.8. The number of rotatable bonds is 4. The molecule has 26 heavy (non-hydrogen) atoms. The lowest BCUT2D eigenvalue weighted by Crippen LogP contribution is -2.35. The standard InChI is InChI=1S/C17H25N7O2/c1-12-14(10-18-17(19-12)22(3)4)16(25)24-7-5-6-23(8-9-24)11-15-20-13(2)26-21-15/h10H,5-9,11H2,1-4H3. The number of carbonyl (C=O) groups is 1. The third kappa shape index (κ3) is 4.16. The Labute approximate surface area is 153 Å². The Balaban J connectivity index is 1.64. The SMILES string of the molecule is Cc1nc(CN2CCCN(C(=O)c3cnc(N(C)C)nc3C)CC2)no1. The first kappa shape index (κ1) is 18.2. The van der Waals surface area contributed by atoms with Gasteiger partial charge in [-0.3, -0.25) is 9.69 Å². The quantitative estimate of drug-likeness (QED) is 0.795. The zero-order chi connectivity index (χ0) is 18.7. The number of amides is 1. The van der Waals surface area contributed by atoms with E-state index in [4.69, 9.17) is 4.52 Å². The van der Waals surface area contributed by atoms with Crippen LogP contribution in [0.3, 0.4) is 0 Å². The molecule has 0 saturated carbocycles. The minimum absolute atomic E-state index is 0.00920. The van der Waals surface area contributed by atoms with Crippen LogP contribution in [-0.4, -0.2) is 76.1 Å². The number of carbonyl (C=O) groups excluding carboxylic acids is 1. The van der Waals surface area contributed by atoms with E-state index in [0.29, 0.717) is 42.0 Å². The zero-order valence-corrected chi connectivity index (χ0v) is 15.8. The fourth-order valence-corrected chi connectivity index (χ4v) is 2.99.